The summed E-state index contributed by atoms with van der Waals surface area (Å²) >= 11 is 13.2. The second kappa shape index (κ2) is 9.09. The van der Waals surface area contributed by atoms with Gasteiger partial charge in [-0.25, -0.2) is 4.79 Å². The summed E-state index contributed by atoms with van der Waals surface area (Å²) in [4.78, 5) is 24.7. The summed E-state index contributed by atoms with van der Waals surface area (Å²) in [5, 5.41) is 23.4. The number of aliphatic hydroxyl groups is 1. The van der Waals surface area contributed by atoms with Gasteiger partial charge in [-0.1, -0.05) is 56.1 Å². The van der Waals surface area contributed by atoms with Crippen molar-refractivity contribution < 1.29 is 19.8 Å². The van der Waals surface area contributed by atoms with Crippen molar-refractivity contribution in [1.82, 2.24) is 5.32 Å². The van der Waals surface area contributed by atoms with Gasteiger partial charge in [0, 0.05) is 21.5 Å². The van der Waals surface area contributed by atoms with Gasteiger partial charge in [-0.15, -0.1) is 11.3 Å². The third kappa shape index (κ3) is 5.82. The Kier molecular flexibility index (Phi) is 7.28. The number of carbonyl (C=O) groups excluding carboxylic acids is 1. The van der Waals surface area contributed by atoms with Crippen molar-refractivity contribution in [2.45, 2.75) is 32.9 Å². The van der Waals surface area contributed by atoms with Crippen LogP contribution in [0.4, 0.5) is 0 Å². The lowest BCUT2D eigenvalue weighted by Gasteiger charge is -2.24. The van der Waals surface area contributed by atoms with Crippen LogP contribution < -0.4 is 5.32 Å². The number of aliphatic carboxylic acids is 1. The van der Waals surface area contributed by atoms with E-state index in [4.69, 9.17) is 23.2 Å². The fourth-order valence-electron chi connectivity index (χ4n) is 2.61. The normalized spacial score (nSPS) is 14.4. The fourth-order valence-corrected chi connectivity index (χ4v) is 3.95. The Morgan fingerprint density at radius 2 is 1.86 bits per heavy atom. The molecule has 0 unspecified atom stereocenters. The Balaban J connectivity index is 2.38. The van der Waals surface area contributed by atoms with Crippen LogP contribution in [-0.4, -0.2) is 22.1 Å². The van der Waals surface area contributed by atoms with Crippen LogP contribution in [0.1, 0.15) is 43.4 Å². The molecule has 150 valence electrons. The Hall–Kier alpha value is -1.86. The van der Waals surface area contributed by atoms with Crippen molar-refractivity contribution in [3.8, 4) is 0 Å². The molecule has 2 rings (SSSR count). The molecule has 0 aliphatic heterocycles. The van der Waals surface area contributed by atoms with Crippen molar-refractivity contribution in [2.75, 3.05) is 0 Å². The van der Waals surface area contributed by atoms with E-state index in [-0.39, 0.29) is 5.57 Å². The summed E-state index contributed by atoms with van der Waals surface area (Å²) in [7, 11) is 0. The second-order valence-corrected chi connectivity index (χ2v) is 9.42. The highest BCUT2D eigenvalue weighted by Crippen LogP contribution is 2.35. The summed E-state index contributed by atoms with van der Waals surface area (Å²) in [5.74, 6) is -1.79. The molecule has 1 aromatic heterocycles. The molecule has 5 nitrogen and oxygen atoms in total. The molecule has 0 fully saturated rings. The highest BCUT2D eigenvalue weighted by molar-refractivity contribution is 7.16. The van der Waals surface area contributed by atoms with Crippen LogP contribution in [0.15, 0.2) is 48.0 Å². The summed E-state index contributed by atoms with van der Waals surface area (Å²) < 4.78 is 0.504. The quantitative estimate of drug-likeness (QED) is 0.550. The Bertz CT molecular complexity index is 902. The van der Waals surface area contributed by atoms with Crippen molar-refractivity contribution in [3.05, 3.63) is 67.8 Å². The fraction of sp³-hybridized carbons (Fsp3) is 0.300. The highest BCUT2D eigenvalue weighted by Gasteiger charge is 2.28. The average Bonchev–Trinajstić information content (AvgIpc) is 3.02. The van der Waals surface area contributed by atoms with Gasteiger partial charge in [0.25, 0.3) is 0 Å². The minimum Gasteiger partial charge on any atom is -0.478 e. The maximum atomic E-state index is 12.6. The number of amides is 1. The van der Waals surface area contributed by atoms with Crippen LogP contribution in [0, 0.1) is 5.41 Å². The maximum Gasteiger partial charge on any atom is 0.332 e. The molecule has 0 spiro atoms. The number of halogens is 2. The molecule has 0 radical (unpaired) electrons. The number of carboxylic acid groups (broad SMARTS) is 1. The van der Waals surface area contributed by atoms with Gasteiger partial charge >= 0.3 is 5.97 Å². The van der Waals surface area contributed by atoms with Crippen LogP contribution in [-0.2, 0) is 9.59 Å². The standard InChI is InChI=1S/C20H21Cl2NO4S/c1-20(2,3)13(19(26)27)10-16(24)23-17(14-7-8-15(22)28-14)18(25)11-5-4-6-12(21)9-11/h4-10,17-18,25H,1-3H3,(H,23,24)(H,26,27)/b13-10-/t17-,18-/m1/s1. The molecule has 2 atom stereocenters. The van der Waals surface area contributed by atoms with E-state index in [1.165, 1.54) is 11.3 Å². The van der Waals surface area contributed by atoms with E-state index in [1.54, 1.807) is 57.2 Å². The van der Waals surface area contributed by atoms with E-state index < -0.39 is 29.4 Å². The molecule has 8 heteroatoms. The second-order valence-electron chi connectivity index (χ2n) is 7.24. The van der Waals surface area contributed by atoms with Gasteiger partial charge in [-0.3, -0.25) is 4.79 Å². The predicted molar refractivity (Wildman–Crippen MR) is 112 cm³/mol. The lowest BCUT2D eigenvalue weighted by molar-refractivity contribution is -0.134. The van der Waals surface area contributed by atoms with E-state index >= 15 is 0 Å². The van der Waals surface area contributed by atoms with Gasteiger partial charge < -0.3 is 15.5 Å². The Morgan fingerprint density at radius 1 is 1.18 bits per heavy atom. The van der Waals surface area contributed by atoms with E-state index in [2.05, 4.69) is 5.32 Å². The molecular formula is C20H21Cl2NO4S. The third-order valence-electron chi connectivity index (χ3n) is 4.02. The van der Waals surface area contributed by atoms with Crippen LogP contribution in [0.5, 0.6) is 0 Å². The zero-order valence-corrected chi connectivity index (χ0v) is 17.9. The van der Waals surface area contributed by atoms with E-state index in [0.717, 1.165) is 6.08 Å². The maximum absolute atomic E-state index is 12.6. The average molecular weight is 442 g/mol. The number of nitrogens with one attached hydrogen (secondary N) is 1. The van der Waals surface area contributed by atoms with Crippen molar-refractivity contribution in [3.63, 3.8) is 0 Å². The number of hydrogen-bond acceptors (Lipinski definition) is 4. The number of rotatable bonds is 6. The predicted octanol–water partition coefficient (Wildman–Crippen LogP) is 5.00. The minimum atomic E-state index is -1.17. The molecule has 0 bridgehead atoms. The van der Waals surface area contributed by atoms with Crippen molar-refractivity contribution in [2.24, 2.45) is 5.41 Å². The minimum absolute atomic E-state index is 0.0368. The summed E-state index contributed by atoms with van der Waals surface area (Å²) in [6.07, 6.45) is -0.0522. The third-order valence-corrected chi connectivity index (χ3v) is 5.57. The van der Waals surface area contributed by atoms with Crippen LogP contribution in [0.3, 0.4) is 0 Å². The van der Waals surface area contributed by atoms with Crippen LogP contribution in [0.25, 0.3) is 0 Å². The zero-order valence-electron chi connectivity index (χ0n) is 15.6. The summed E-state index contributed by atoms with van der Waals surface area (Å²) in [6.45, 7) is 5.12. The van der Waals surface area contributed by atoms with Crippen molar-refractivity contribution in [1.29, 1.82) is 0 Å². The highest BCUT2D eigenvalue weighted by atomic mass is 35.5. The summed E-state index contributed by atoms with van der Waals surface area (Å²) in [6, 6.07) is 9.22. The number of hydrogen-bond donors (Lipinski definition) is 3. The lowest BCUT2D eigenvalue weighted by atomic mass is 9.86. The van der Waals surface area contributed by atoms with Crippen LogP contribution >= 0.6 is 34.5 Å². The Morgan fingerprint density at radius 3 is 2.36 bits per heavy atom. The van der Waals surface area contributed by atoms with Crippen LogP contribution in [0.2, 0.25) is 9.36 Å². The molecule has 0 aliphatic carbocycles. The zero-order chi connectivity index (χ0) is 21.1. The van der Waals surface area contributed by atoms with Gasteiger partial charge in [-0.2, -0.15) is 0 Å². The molecule has 28 heavy (non-hydrogen) atoms. The topological polar surface area (TPSA) is 86.6 Å². The number of aliphatic hydroxyl groups excluding tert-OH is 1. The Labute approximate surface area is 177 Å². The first-order chi connectivity index (χ1) is 13.0. The molecule has 0 saturated carbocycles. The first kappa shape index (κ1) is 22.4. The number of carboxylic acids is 1. The monoisotopic (exact) mass is 441 g/mol. The van der Waals surface area contributed by atoms with E-state index in [9.17, 15) is 19.8 Å². The van der Waals surface area contributed by atoms with Gasteiger partial charge in [-0.05, 0) is 35.2 Å². The van der Waals surface area contributed by atoms with Gasteiger partial charge in [0.05, 0.1) is 10.4 Å². The molecule has 2 aromatic rings. The largest absolute Gasteiger partial charge is 0.478 e. The smallest absolute Gasteiger partial charge is 0.332 e. The molecule has 1 aromatic carbocycles. The van der Waals surface area contributed by atoms with Gasteiger partial charge in [0.2, 0.25) is 5.91 Å². The SMILES string of the molecule is CC(C)(C)/C(=C\C(=O)N[C@H](c1ccc(Cl)s1)[C@H](O)c1cccc(Cl)c1)C(=O)O. The first-order valence-electron chi connectivity index (χ1n) is 8.44. The molecule has 1 heterocycles. The van der Waals surface area contributed by atoms with Gasteiger partial charge in [0.15, 0.2) is 0 Å². The van der Waals surface area contributed by atoms with Gasteiger partial charge in [0.1, 0.15) is 6.10 Å². The number of thiophene rings is 1. The molecule has 0 aliphatic rings. The molecule has 1 amide bonds. The van der Waals surface area contributed by atoms with E-state index in [1.807, 2.05) is 0 Å². The number of benzene rings is 1. The van der Waals surface area contributed by atoms with Crippen molar-refractivity contribution >= 4 is 46.4 Å². The number of carbonyl (C=O) groups is 2. The lowest BCUT2D eigenvalue weighted by Crippen LogP contribution is -2.32. The van der Waals surface area contributed by atoms with E-state index in [0.29, 0.717) is 19.8 Å². The molecule has 3 N–H and O–H groups in total. The molecular weight excluding hydrogens is 421 g/mol. The first-order valence-corrected chi connectivity index (χ1v) is 10.0. The summed E-state index contributed by atoms with van der Waals surface area (Å²) in [5.41, 5.74) is -0.248. The molecule has 0 saturated heterocycles.